The van der Waals surface area contributed by atoms with E-state index in [0.717, 1.165) is 37.9 Å². The lowest BCUT2D eigenvalue weighted by Crippen LogP contribution is -2.41. The fourth-order valence-electron chi connectivity index (χ4n) is 2.71. The van der Waals surface area contributed by atoms with E-state index >= 15 is 0 Å². The van der Waals surface area contributed by atoms with Crippen LogP contribution in [-0.4, -0.2) is 23.4 Å². The maximum absolute atomic E-state index is 11.1. The number of benzene rings is 1. The molecule has 4 nitrogen and oxygen atoms in total. The Morgan fingerprint density at radius 1 is 1.47 bits per heavy atom. The van der Waals surface area contributed by atoms with E-state index in [2.05, 4.69) is 11.0 Å². The van der Waals surface area contributed by atoms with Gasteiger partial charge in [-0.1, -0.05) is 18.6 Å². The second-order valence-electron chi connectivity index (χ2n) is 5.10. The smallest absolute Gasteiger partial charge is 0.218 e. The van der Waals surface area contributed by atoms with Crippen molar-refractivity contribution in [2.24, 2.45) is 5.73 Å². The number of nitrogens with two attached hydrogens (primary N) is 1. The summed E-state index contributed by atoms with van der Waals surface area (Å²) in [6, 6.07) is 10.0. The van der Waals surface area contributed by atoms with E-state index in [1.54, 1.807) is 6.07 Å². The molecule has 0 aliphatic carbocycles. The number of carbonyl (C=O) groups excluding carboxylic acids is 1. The minimum absolute atomic E-state index is 0.234. The Kier molecular flexibility index (Phi) is 4.53. The van der Waals surface area contributed by atoms with Gasteiger partial charge in [0.1, 0.15) is 0 Å². The molecule has 1 aromatic rings. The molecule has 0 saturated carbocycles. The number of rotatable bonds is 4. The summed E-state index contributed by atoms with van der Waals surface area (Å²) in [5, 5.41) is 8.91. The Bertz CT molecular complexity index is 492. The van der Waals surface area contributed by atoms with Crippen molar-refractivity contribution < 1.29 is 4.79 Å². The molecule has 1 saturated heterocycles. The third-order valence-corrected chi connectivity index (χ3v) is 3.63. The maximum atomic E-state index is 11.1. The van der Waals surface area contributed by atoms with Gasteiger partial charge in [0, 0.05) is 19.0 Å². The SMILES string of the molecule is N#Cc1cccc(CN2CCCC[C@H]2CC(N)=O)c1. The van der Waals surface area contributed by atoms with Gasteiger partial charge in [-0.15, -0.1) is 0 Å². The highest BCUT2D eigenvalue weighted by atomic mass is 16.1. The molecule has 0 unspecified atom stereocenters. The number of carbonyl (C=O) groups is 1. The van der Waals surface area contributed by atoms with E-state index in [4.69, 9.17) is 11.0 Å². The predicted octanol–water partition coefficient (Wildman–Crippen LogP) is 1.79. The Labute approximate surface area is 113 Å². The normalized spacial score (nSPS) is 19.8. The van der Waals surface area contributed by atoms with E-state index in [0.29, 0.717) is 12.0 Å². The third-order valence-electron chi connectivity index (χ3n) is 3.63. The third kappa shape index (κ3) is 3.80. The Morgan fingerprint density at radius 2 is 2.32 bits per heavy atom. The molecule has 0 bridgehead atoms. The number of piperidine rings is 1. The quantitative estimate of drug-likeness (QED) is 0.894. The summed E-state index contributed by atoms with van der Waals surface area (Å²) >= 11 is 0. The zero-order chi connectivity index (χ0) is 13.7. The summed E-state index contributed by atoms with van der Waals surface area (Å²) in [5.74, 6) is -0.234. The van der Waals surface area contributed by atoms with Crippen molar-refractivity contribution in [3.8, 4) is 6.07 Å². The number of primary amides is 1. The van der Waals surface area contributed by atoms with E-state index in [9.17, 15) is 4.79 Å². The summed E-state index contributed by atoms with van der Waals surface area (Å²) in [4.78, 5) is 13.4. The van der Waals surface area contributed by atoms with Crippen molar-refractivity contribution in [3.63, 3.8) is 0 Å². The first kappa shape index (κ1) is 13.6. The number of amides is 1. The van der Waals surface area contributed by atoms with Crippen molar-refractivity contribution in [1.82, 2.24) is 4.90 Å². The van der Waals surface area contributed by atoms with E-state index in [1.165, 1.54) is 0 Å². The van der Waals surface area contributed by atoms with Crippen LogP contribution in [0.2, 0.25) is 0 Å². The summed E-state index contributed by atoms with van der Waals surface area (Å²) in [5.41, 5.74) is 7.12. The number of nitrogens with zero attached hydrogens (tertiary/aromatic N) is 2. The highest BCUT2D eigenvalue weighted by Crippen LogP contribution is 2.22. The highest BCUT2D eigenvalue weighted by Gasteiger charge is 2.23. The van der Waals surface area contributed by atoms with Crippen LogP contribution in [0.5, 0.6) is 0 Å². The fourth-order valence-corrected chi connectivity index (χ4v) is 2.71. The number of hydrogen-bond acceptors (Lipinski definition) is 3. The number of likely N-dealkylation sites (tertiary alicyclic amines) is 1. The van der Waals surface area contributed by atoms with Crippen LogP contribution in [0, 0.1) is 11.3 Å². The van der Waals surface area contributed by atoms with E-state index in [-0.39, 0.29) is 11.9 Å². The van der Waals surface area contributed by atoms with E-state index < -0.39 is 0 Å². The minimum atomic E-state index is -0.234. The number of nitriles is 1. The van der Waals surface area contributed by atoms with Gasteiger partial charge >= 0.3 is 0 Å². The zero-order valence-electron chi connectivity index (χ0n) is 11.0. The van der Waals surface area contributed by atoms with Crippen LogP contribution in [-0.2, 0) is 11.3 Å². The zero-order valence-corrected chi connectivity index (χ0v) is 11.0. The topological polar surface area (TPSA) is 70.1 Å². The average Bonchev–Trinajstić information content (AvgIpc) is 2.41. The van der Waals surface area contributed by atoms with Gasteiger partial charge in [-0.2, -0.15) is 5.26 Å². The van der Waals surface area contributed by atoms with Crippen LogP contribution in [0.15, 0.2) is 24.3 Å². The second-order valence-corrected chi connectivity index (χ2v) is 5.10. The monoisotopic (exact) mass is 257 g/mol. The van der Waals surface area contributed by atoms with Crippen molar-refractivity contribution in [2.75, 3.05) is 6.54 Å². The Morgan fingerprint density at radius 3 is 3.05 bits per heavy atom. The van der Waals surface area contributed by atoms with Crippen LogP contribution in [0.4, 0.5) is 0 Å². The molecule has 1 amide bonds. The lowest BCUT2D eigenvalue weighted by atomic mass is 9.98. The highest BCUT2D eigenvalue weighted by molar-refractivity contribution is 5.74. The molecule has 0 spiro atoms. The molecule has 1 aliphatic rings. The molecule has 1 aromatic carbocycles. The van der Waals surface area contributed by atoms with Crippen LogP contribution >= 0.6 is 0 Å². The minimum Gasteiger partial charge on any atom is -0.370 e. The molecule has 100 valence electrons. The van der Waals surface area contributed by atoms with Gasteiger partial charge in [-0.3, -0.25) is 9.69 Å². The molecular weight excluding hydrogens is 238 g/mol. The van der Waals surface area contributed by atoms with Gasteiger partial charge < -0.3 is 5.73 Å². The standard InChI is InChI=1S/C15H19N3O/c16-10-12-4-3-5-13(8-12)11-18-7-2-1-6-14(18)9-15(17)19/h3-5,8,14H,1-2,6-7,9,11H2,(H2,17,19)/t14-/m0/s1. The molecule has 4 heteroatoms. The first-order valence-electron chi connectivity index (χ1n) is 6.70. The first-order chi connectivity index (χ1) is 9.19. The van der Waals surface area contributed by atoms with Crippen molar-refractivity contribution in [3.05, 3.63) is 35.4 Å². The van der Waals surface area contributed by atoms with Crippen LogP contribution < -0.4 is 5.73 Å². The van der Waals surface area contributed by atoms with Gasteiger partial charge in [0.15, 0.2) is 0 Å². The molecule has 1 fully saturated rings. The van der Waals surface area contributed by atoms with Gasteiger partial charge in [0.2, 0.25) is 5.91 Å². The molecular formula is C15H19N3O. The lowest BCUT2D eigenvalue weighted by molar-refractivity contribution is -0.119. The molecule has 2 rings (SSSR count). The maximum Gasteiger partial charge on any atom is 0.218 e. The van der Waals surface area contributed by atoms with Crippen LogP contribution in [0.3, 0.4) is 0 Å². The molecule has 1 aliphatic heterocycles. The predicted molar refractivity (Wildman–Crippen MR) is 73.0 cm³/mol. The molecule has 0 radical (unpaired) electrons. The molecule has 0 aromatic heterocycles. The lowest BCUT2D eigenvalue weighted by Gasteiger charge is -2.35. The summed E-state index contributed by atoms with van der Waals surface area (Å²) in [6.07, 6.45) is 3.78. The van der Waals surface area contributed by atoms with Gasteiger partial charge in [0.05, 0.1) is 11.6 Å². The Balaban J connectivity index is 2.06. The van der Waals surface area contributed by atoms with Crippen molar-refractivity contribution in [2.45, 2.75) is 38.3 Å². The molecule has 19 heavy (non-hydrogen) atoms. The summed E-state index contributed by atoms with van der Waals surface area (Å²) in [7, 11) is 0. The number of hydrogen-bond donors (Lipinski definition) is 1. The van der Waals surface area contributed by atoms with Crippen LogP contribution in [0.1, 0.15) is 36.8 Å². The first-order valence-corrected chi connectivity index (χ1v) is 6.70. The van der Waals surface area contributed by atoms with Gasteiger partial charge in [-0.25, -0.2) is 0 Å². The summed E-state index contributed by atoms with van der Waals surface area (Å²) in [6.45, 7) is 1.78. The van der Waals surface area contributed by atoms with E-state index in [1.807, 2.05) is 18.2 Å². The molecule has 1 atom stereocenters. The van der Waals surface area contributed by atoms with Crippen molar-refractivity contribution in [1.29, 1.82) is 5.26 Å². The van der Waals surface area contributed by atoms with Gasteiger partial charge in [0.25, 0.3) is 0 Å². The average molecular weight is 257 g/mol. The molecule has 2 N–H and O–H groups in total. The fraction of sp³-hybridized carbons (Fsp3) is 0.467. The van der Waals surface area contributed by atoms with Crippen molar-refractivity contribution >= 4 is 5.91 Å². The van der Waals surface area contributed by atoms with Crippen LogP contribution in [0.25, 0.3) is 0 Å². The second kappa shape index (κ2) is 6.35. The molecule has 1 heterocycles. The van der Waals surface area contributed by atoms with Gasteiger partial charge in [-0.05, 0) is 37.1 Å². The summed E-state index contributed by atoms with van der Waals surface area (Å²) < 4.78 is 0. The largest absolute Gasteiger partial charge is 0.370 e. The Hall–Kier alpha value is -1.86.